The lowest BCUT2D eigenvalue weighted by Gasteiger charge is -2.29. The number of nitrogens with zero attached hydrogens (tertiary/aromatic N) is 1. The number of sulfone groups is 1. The average Bonchev–Trinajstić information content (AvgIpc) is 3.23. The van der Waals surface area contributed by atoms with Crippen molar-refractivity contribution < 1.29 is 18.3 Å². The fourth-order valence-electron chi connectivity index (χ4n) is 4.26. The van der Waals surface area contributed by atoms with E-state index < -0.39 is 9.84 Å². The Labute approximate surface area is 191 Å². The summed E-state index contributed by atoms with van der Waals surface area (Å²) < 4.78 is 29.8. The van der Waals surface area contributed by atoms with Gasteiger partial charge in [-0.1, -0.05) is 40.9 Å². The summed E-state index contributed by atoms with van der Waals surface area (Å²) in [4.78, 5) is 2.40. The van der Waals surface area contributed by atoms with E-state index in [9.17, 15) is 13.5 Å². The number of hydrogen-bond donors (Lipinski definition) is 1. The highest BCUT2D eigenvalue weighted by Gasteiger charge is 2.40. The standard InChI is InChI=1S/C21H22Cl3NO4S/c1-30(27,28)15-3-2-12(18(23)8-15)11-29-21-17-6-13(22)7-19(24)16(17)9-20(21)25-5-4-14(26)10-25/h2-3,6-8,14,20-21,26H,4-5,9-11H2,1H3/t14-,20+,21-/m1/s1. The molecule has 2 aromatic rings. The van der Waals surface area contributed by atoms with E-state index in [0.717, 1.165) is 30.3 Å². The Balaban J connectivity index is 1.61. The van der Waals surface area contributed by atoms with Gasteiger partial charge in [0, 0.05) is 40.5 Å². The summed E-state index contributed by atoms with van der Waals surface area (Å²) >= 11 is 19.0. The Kier molecular flexibility index (Phi) is 6.39. The van der Waals surface area contributed by atoms with Crippen LogP contribution in [0.25, 0.3) is 0 Å². The number of ether oxygens (including phenoxy) is 1. The van der Waals surface area contributed by atoms with E-state index in [0.29, 0.717) is 33.6 Å². The van der Waals surface area contributed by atoms with E-state index in [1.165, 1.54) is 12.1 Å². The van der Waals surface area contributed by atoms with Gasteiger partial charge >= 0.3 is 0 Å². The van der Waals surface area contributed by atoms with Crippen LogP contribution in [-0.4, -0.2) is 49.9 Å². The van der Waals surface area contributed by atoms with E-state index in [1.807, 2.05) is 6.07 Å². The van der Waals surface area contributed by atoms with Crippen LogP contribution in [0.1, 0.15) is 29.2 Å². The van der Waals surface area contributed by atoms with E-state index >= 15 is 0 Å². The highest BCUT2D eigenvalue weighted by Crippen LogP contribution is 2.43. The molecule has 0 spiro atoms. The molecule has 9 heteroatoms. The maximum absolute atomic E-state index is 11.7. The van der Waals surface area contributed by atoms with E-state index in [-0.39, 0.29) is 29.8 Å². The Morgan fingerprint density at radius 1 is 1.17 bits per heavy atom. The number of likely N-dealkylation sites (tertiary alicyclic amines) is 1. The smallest absolute Gasteiger partial charge is 0.175 e. The van der Waals surface area contributed by atoms with Crippen LogP contribution in [-0.2, 0) is 27.6 Å². The second kappa shape index (κ2) is 8.58. The average molecular weight is 491 g/mol. The van der Waals surface area contributed by atoms with Crippen LogP contribution in [0.4, 0.5) is 0 Å². The summed E-state index contributed by atoms with van der Waals surface area (Å²) in [6, 6.07) is 8.30. The maximum atomic E-state index is 11.7. The molecule has 5 nitrogen and oxygen atoms in total. The number of benzene rings is 2. The van der Waals surface area contributed by atoms with Crippen LogP contribution in [0.5, 0.6) is 0 Å². The van der Waals surface area contributed by atoms with Gasteiger partial charge in [0.05, 0.1) is 23.7 Å². The summed E-state index contributed by atoms with van der Waals surface area (Å²) in [5.74, 6) is 0. The minimum Gasteiger partial charge on any atom is -0.392 e. The molecule has 3 atom stereocenters. The van der Waals surface area contributed by atoms with E-state index in [4.69, 9.17) is 39.5 Å². The van der Waals surface area contributed by atoms with Gasteiger partial charge in [-0.2, -0.15) is 0 Å². The predicted octanol–water partition coefficient (Wildman–Crippen LogP) is 4.30. The molecule has 30 heavy (non-hydrogen) atoms. The first-order valence-electron chi connectivity index (χ1n) is 9.63. The van der Waals surface area contributed by atoms with Gasteiger partial charge in [0.25, 0.3) is 0 Å². The Morgan fingerprint density at radius 2 is 1.93 bits per heavy atom. The van der Waals surface area contributed by atoms with Crippen molar-refractivity contribution in [2.75, 3.05) is 19.3 Å². The molecule has 1 fully saturated rings. The van der Waals surface area contributed by atoms with Crippen LogP contribution < -0.4 is 0 Å². The highest BCUT2D eigenvalue weighted by atomic mass is 35.5. The summed E-state index contributed by atoms with van der Waals surface area (Å²) in [6.45, 7) is 1.59. The topological polar surface area (TPSA) is 66.8 Å². The molecule has 1 heterocycles. The number of rotatable bonds is 5. The number of halogens is 3. The van der Waals surface area contributed by atoms with Crippen LogP contribution >= 0.6 is 34.8 Å². The summed E-state index contributed by atoms with van der Waals surface area (Å²) in [7, 11) is -3.33. The van der Waals surface area contributed by atoms with Gasteiger partial charge in [-0.3, -0.25) is 4.90 Å². The largest absolute Gasteiger partial charge is 0.392 e. The lowest BCUT2D eigenvalue weighted by atomic mass is 10.1. The molecular formula is C21H22Cl3NO4S. The van der Waals surface area contributed by atoms with Crippen LogP contribution in [0.2, 0.25) is 15.1 Å². The second-order valence-corrected chi connectivity index (χ2v) is 11.2. The molecule has 0 amide bonds. The van der Waals surface area contributed by atoms with Crippen LogP contribution in [0, 0.1) is 0 Å². The minimum atomic E-state index is -3.33. The SMILES string of the molecule is CS(=O)(=O)c1ccc(CO[C@@H]2c3cc(Cl)cc(Cl)c3C[C@@H]2N2CC[C@@H](O)C2)c(Cl)c1. The Bertz CT molecular complexity index is 1080. The monoisotopic (exact) mass is 489 g/mol. The first kappa shape index (κ1) is 22.3. The molecule has 0 radical (unpaired) electrons. The fraction of sp³-hybridized carbons (Fsp3) is 0.429. The highest BCUT2D eigenvalue weighted by molar-refractivity contribution is 7.90. The predicted molar refractivity (Wildman–Crippen MR) is 118 cm³/mol. The molecule has 0 unspecified atom stereocenters. The maximum Gasteiger partial charge on any atom is 0.175 e. The molecule has 2 aliphatic rings. The Morgan fingerprint density at radius 3 is 2.57 bits per heavy atom. The number of fused-ring (bicyclic) bond motifs is 1. The molecule has 1 saturated heterocycles. The van der Waals surface area contributed by atoms with Gasteiger partial charge in [0.2, 0.25) is 0 Å². The first-order valence-corrected chi connectivity index (χ1v) is 12.7. The van der Waals surface area contributed by atoms with Gasteiger partial charge in [-0.15, -0.1) is 0 Å². The first-order chi connectivity index (χ1) is 14.1. The van der Waals surface area contributed by atoms with E-state index in [2.05, 4.69) is 4.90 Å². The zero-order valence-electron chi connectivity index (χ0n) is 16.3. The van der Waals surface area contributed by atoms with Gasteiger partial charge in [0.15, 0.2) is 9.84 Å². The summed E-state index contributed by atoms with van der Waals surface area (Å²) in [6.07, 6.45) is 1.96. The number of β-amino-alcohol motifs (C(OH)–C–C–N with tert-alkyl or cyclic N) is 1. The molecule has 1 N–H and O–H groups in total. The van der Waals surface area contributed by atoms with Gasteiger partial charge in [-0.25, -0.2) is 8.42 Å². The number of aliphatic hydroxyl groups is 1. The third kappa shape index (κ3) is 4.51. The van der Waals surface area contributed by atoms with E-state index in [1.54, 1.807) is 12.1 Å². The molecule has 0 saturated carbocycles. The number of aliphatic hydroxyl groups excluding tert-OH is 1. The minimum absolute atomic E-state index is 0.0298. The van der Waals surface area contributed by atoms with Crippen LogP contribution in [0.3, 0.4) is 0 Å². The lowest BCUT2D eigenvalue weighted by molar-refractivity contribution is -0.0135. The molecule has 4 rings (SSSR count). The molecule has 1 aliphatic carbocycles. The normalized spacial score (nSPS) is 24.4. The van der Waals surface area contributed by atoms with Gasteiger partial charge in [0.1, 0.15) is 0 Å². The zero-order valence-corrected chi connectivity index (χ0v) is 19.4. The molecule has 0 aromatic heterocycles. The molecule has 0 bridgehead atoms. The summed E-state index contributed by atoms with van der Waals surface area (Å²) in [5.41, 5.74) is 2.66. The number of hydrogen-bond acceptors (Lipinski definition) is 5. The Hall–Kier alpha value is -0.860. The van der Waals surface area contributed by atoms with Crippen LogP contribution in [0.15, 0.2) is 35.2 Å². The summed E-state index contributed by atoms with van der Waals surface area (Å²) in [5, 5.41) is 11.5. The zero-order chi connectivity index (χ0) is 21.6. The quantitative estimate of drug-likeness (QED) is 0.677. The van der Waals surface area contributed by atoms with Crippen molar-refractivity contribution in [1.82, 2.24) is 4.90 Å². The lowest BCUT2D eigenvalue weighted by Crippen LogP contribution is -2.38. The van der Waals surface area contributed by atoms with Crippen molar-refractivity contribution in [3.63, 3.8) is 0 Å². The van der Waals surface area contributed by atoms with Gasteiger partial charge < -0.3 is 9.84 Å². The fourth-order valence-corrected chi connectivity index (χ4v) is 5.80. The van der Waals surface area contributed by atoms with Gasteiger partial charge in [-0.05, 0) is 53.8 Å². The third-order valence-electron chi connectivity index (χ3n) is 5.80. The van der Waals surface area contributed by atoms with Crippen molar-refractivity contribution >= 4 is 44.6 Å². The van der Waals surface area contributed by atoms with Crippen molar-refractivity contribution in [3.05, 3.63) is 62.1 Å². The van der Waals surface area contributed by atoms with Crippen molar-refractivity contribution in [2.45, 2.75) is 42.6 Å². The molecule has 1 aliphatic heterocycles. The molecular weight excluding hydrogens is 469 g/mol. The molecule has 2 aromatic carbocycles. The van der Waals surface area contributed by atoms with Crippen molar-refractivity contribution in [1.29, 1.82) is 0 Å². The second-order valence-electron chi connectivity index (χ2n) is 7.92. The molecule has 162 valence electrons. The van der Waals surface area contributed by atoms with Crippen molar-refractivity contribution in [2.24, 2.45) is 0 Å². The third-order valence-corrected chi connectivity index (χ3v) is 7.82. The van der Waals surface area contributed by atoms with Crippen molar-refractivity contribution in [3.8, 4) is 0 Å².